The number of hydrogen-bond acceptors (Lipinski definition) is 4. The van der Waals surface area contributed by atoms with Gasteiger partial charge < -0.3 is 14.7 Å². The van der Waals surface area contributed by atoms with E-state index in [1.807, 2.05) is 29.3 Å². The number of rotatable bonds is 3. The van der Waals surface area contributed by atoms with Crippen LogP contribution in [0.1, 0.15) is 19.3 Å². The van der Waals surface area contributed by atoms with E-state index in [1.54, 1.807) is 0 Å². The summed E-state index contributed by atoms with van der Waals surface area (Å²) >= 11 is 0. The molecule has 2 aliphatic heterocycles. The van der Waals surface area contributed by atoms with Gasteiger partial charge in [-0.05, 0) is 38.6 Å². The van der Waals surface area contributed by atoms with Gasteiger partial charge >= 0.3 is 0 Å². The molecule has 1 atom stereocenters. The smallest absolute Gasteiger partial charge is 0.224 e. The highest BCUT2D eigenvalue weighted by molar-refractivity contribution is 5.77. The fourth-order valence-corrected chi connectivity index (χ4v) is 3.29. The van der Waals surface area contributed by atoms with Gasteiger partial charge in [0, 0.05) is 44.8 Å². The van der Waals surface area contributed by atoms with Crippen LogP contribution in [0.4, 0.5) is 5.82 Å². The second-order valence-electron chi connectivity index (χ2n) is 6.04. The quantitative estimate of drug-likeness (QED) is 0.838. The van der Waals surface area contributed by atoms with E-state index in [1.165, 1.54) is 6.42 Å². The number of nitrogens with zero attached hydrogens (tertiary/aromatic N) is 4. The Morgan fingerprint density at radius 1 is 1.24 bits per heavy atom. The van der Waals surface area contributed by atoms with Gasteiger partial charge in [-0.15, -0.1) is 0 Å². The van der Waals surface area contributed by atoms with Crippen molar-refractivity contribution in [1.82, 2.24) is 14.8 Å². The number of piperazine rings is 1. The van der Waals surface area contributed by atoms with Crippen molar-refractivity contribution in [1.29, 1.82) is 0 Å². The van der Waals surface area contributed by atoms with Crippen molar-refractivity contribution in [2.75, 3.05) is 44.7 Å². The monoisotopic (exact) mass is 288 g/mol. The number of carbonyl (C=O) groups excluding carboxylic acids is 1. The van der Waals surface area contributed by atoms with E-state index < -0.39 is 0 Å². The summed E-state index contributed by atoms with van der Waals surface area (Å²) in [6.07, 6.45) is 4.89. The molecule has 2 fully saturated rings. The van der Waals surface area contributed by atoms with E-state index >= 15 is 0 Å². The minimum Gasteiger partial charge on any atom is -0.353 e. The maximum absolute atomic E-state index is 12.4. The van der Waals surface area contributed by atoms with Gasteiger partial charge in [-0.25, -0.2) is 4.98 Å². The number of aromatic nitrogens is 1. The zero-order valence-electron chi connectivity index (χ0n) is 12.7. The fourth-order valence-electron chi connectivity index (χ4n) is 3.29. The number of carbonyl (C=O) groups is 1. The molecule has 1 unspecified atom stereocenters. The molecule has 0 spiro atoms. The lowest BCUT2D eigenvalue weighted by Gasteiger charge is -2.36. The summed E-state index contributed by atoms with van der Waals surface area (Å²) in [7, 11) is 2.13. The van der Waals surface area contributed by atoms with E-state index in [-0.39, 0.29) is 0 Å². The molecule has 114 valence electrons. The maximum atomic E-state index is 12.4. The van der Waals surface area contributed by atoms with Gasteiger partial charge in [0.1, 0.15) is 5.82 Å². The van der Waals surface area contributed by atoms with Crippen molar-refractivity contribution in [2.45, 2.75) is 25.3 Å². The second-order valence-corrected chi connectivity index (χ2v) is 6.04. The standard InChI is InChI=1S/C16H24N4O/c1-18-8-4-5-14(18)13-16(21)20-11-9-19(10-12-20)15-6-2-3-7-17-15/h2-3,6-7,14H,4-5,8-13H2,1H3. The molecule has 21 heavy (non-hydrogen) atoms. The SMILES string of the molecule is CN1CCCC1CC(=O)N1CCN(c2ccccn2)CC1. The van der Waals surface area contributed by atoms with Crippen LogP contribution in [0.3, 0.4) is 0 Å². The van der Waals surface area contributed by atoms with Gasteiger partial charge in [-0.3, -0.25) is 4.79 Å². The molecule has 2 saturated heterocycles. The van der Waals surface area contributed by atoms with Crippen LogP contribution in [0.25, 0.3) is 0 Å². The lowest BCUT2D eigenvalue weighted by molar-refractivity contribution is -0.132. The molecular weight excluding hydrogens is 264 g/mol. The summed E-state index contributed by atoms with van der Waals surface area (Å²) < 4.78 is 0. The van der Waals surface area contributed by atoms with Crippen LogP contribution in [0, 0.1) is 0 Å². The minimum absolute atomic E-state index is 0.314. The fraction of sp³-hybridized carbons (Fsp3) is 0.625. The van der Waals surface area contributed by atoms with E-state index in [2.05, 4.69) is 21.8 Å². The van der Waals surface area contributed by atoms with Crippen LogP contribution >= 0.6 is 0 Å². The molecule has 0 radical (unpaired) electrons. The molecule has 1 aromatic heterocycles. The molecule has 0 bridgehead atoms. The van der Waals surface area contributed by atoms with E-state index in [9.17, 15) is 4.79 Å². The average Bonchev–Trinajstić information content (AvgIpc) is 2.93. The van der Waals surface area contributed by atoms with Crippen molar-refractivity contribution < 1.29 is 4.79 Å². The topological polar surface area (TPSA) is 39.7 Å². The lowest BCUT2D eigenvalue weighted by Crippen LogP contribution is -2.50. The summed E-state index contributed by atoms with van der Waals surface area (Å²) in [5.74, 6) is 1.33. The molecule has 2 aliphatic rings. The van der Waals surface area contributed by atoms with Gasteiger partial charge in [0.05, 0.1) is 0 Å². The first-order valence-corrected chi connectivity index (χ1v) is 7.88. The van der Waals surface area contributed by atoms with Crippen LogP contribution in [-0.2, 0) is 4.79 Å². The van der Waals surface area contributed by atoms with Crippen molar-refractivity contribution in [3.8, 4) is 0 Å². The third-order valence-corrected chi connectivity index (χ3v) is 4.69. The predicted molar refractivity (Wildman–Crippen MR) is 83.3 cm³/mol. The number of likely N-dealkylation sites (tertiary alicyclic amines) is 1. The number of anilines is 1. The Morgan fingerprint density at radius 2 is 2.05 bits per heavy atom. The summed E-state index contributed by atoms with van der Waals surface area (Å²) in [6.45, 7) is 4.51. The summed E-state index contributed by atoms with van der Waals surface area (Å²) in [5.41, 5.74) is 0. The van der Waals surface area contributed by atoms with Crippen molar-refractivity contribution in [3.63, 3.8) is 0 Å². The molecule has 0 N–H and O–H groups in total. The van der Waals surface area contributed by atoms with E-state index in [0.29, 0.717) is 18.4 Å². The van der Waals surface area contributed by atoms with Crippen LogP contribution in [0.15, 0.2) is 24.4 Å². The minimum atomic E-state index is 0.314. The maximum Gasteiger partial charge on any atom is 0.224 e. The van der Waals surface area contributed by atoms with Crippen molar-refractivity contribution >= 4 is 11.7 Å². The molecule has 5 heteroatoms. The Kier molecular flexibility index (Phi) is 4.39. The second kappa shape index (κ2) is 6.43. The van der Waals surface area contributed by atoms with Crippen molar-refractivity contribution in [3.05, 3.63) is 24.4 Å². The highest BCUT2D eigenvalue weighted by Crippen LogP contribution is 2.20. The number of hydrogen-bond donors (Lipinski definition) is 0. The molecule has 1 amide bonds. The Labute approximate surface area is 126 Å². The zero-order chi connectivity index (χ0) is 14.7. The summed E-state index contributed by atoms with van der Waals surface area (Å²) in [6, 6.07) is 6.42. The van der Waals surface area contributed by atoms with E-state index in [0.717, 1.165) is 45.0 Å². The van der Waals surface area contributed by atoms with Crippen LogP contribution in [0.5, 0.6) is 0 Å². The molecular formula is C16H24N4O. The highest BCUT2D eigenvalue weighted by atomic mass is 16.2. The number of pyridine rings is 1. The van der Waals surface area contributed by atoms with E-state index in [4.69, 9.17) is 0 Å². The average molecular weight is 288 g/mol. The van der Waals surface area contributed by atoms with Gasteiger partial charge in [-0.2, -0.15) is 0 Å². The van der Waals surface area contributed by atoms with Crippen LogP contribution in [0.2, 0.25) is 0 Å². The third-order valence-electron chi connectivity index (χ3n) is 4.69. The molecule has 3 heterocycles. The molecule has 0 aliphatic carbocycles. The molecule has 3 rings (SSSR count). The first-order valence-electron chi connectivity index (χ1n) is 7.88. The molecule has 0 saturated carbocycles. The van der Waals surface area contributed by atoms with Gasteiger partial charge in [0.25, 0.3) is 0 Å². The zero-order valence-corrected chi connectivity index (χ0v) is 12.7. The molecule has 5 nitrogen and oxygen atoms in total. The van der Waals surface area contributed by atoms with Gasteiger partial charge in [-0.1, -0.05) is 6.07 Å². The Balaban J connectivity index is 1.50. The third kappa shape index (κ3) is 3.35. The van der Waals surface area contributed by atoms with Crippen LogP contribution in [-0.4, -0.2) is 66.5 Å². The van der Waals surface area contributed by atoms with Crippen molar-refractivity contribution in [2.24, 2.45) is 0 Å². The van der Waals surface area contributed by atoms with Gasteiger partial charge in [0.15, 0.2) is 0 Å². The summed E-state index contributed by atoms with van der Waals surface area (Å²) in [4.78, 5) is 23.4. The lowest BCUT2D eigenvalue weighted by atomic mass is 10.1. The molecule has 1 aromatic rings. The van der Waals surface area contributed by atoms with Crippen LogP contribution < -0.4 is 4.90 Å². The Bertz CT molecular complexity index is 470. The normalized spacial score (nSPS) is 23.6. The molecule has 0 aromatic carbocycles. The predicted octanol–water partition coefficient (Wildman–Crippen LogP) is 1.21. The first kappa shape index (κ1) is 14.3. The Morgan fingerprint density at radius 3 is 2.67 bits per heavy atom. The van der Waals surface area contributed by atoms with Gasteiger partial charge in [0.2, 0.25) is 5.91 Å². The highest BCUT2D eigenvalue weighted by Gasteiger charge is 2.27. The Hall–Kier alpha value is -1.62. The first-order chi connectivity index (χ1) is 10.2. The largest absolute Gasteiger partial charge is 0.353 e. The number of amides is 1. The summed E-state index contributed by atoms with van der Waals surface area (Å²) in [5, 5.41) is 0.